The van der Waals surface area contributed by atoms with Gasteiger partial charge in [0.1, 0.15) is 5.75 Å². The predicted molar refractivity (Wildman–Crippen MR) is 114 cm³/mol. The van der Waals surface area contributed by atoms with Crippen LogP contribution in [-0.4, -0.2) is 31.4 Å². The van der Waals surface area contributed by atoms with E-state index in [1.54, 1.807) is 18.2 Å². The van der Waals surface area contributed by atoms with Gasteiger partial charge in [-0.2, -0.15) is 0 Å². The van der Waals surface area contributed by atoms with Gasteiger partial charge in [-0.25, -0.2) is 0 Å². The van der Waals surface area contributed by atoms with Crippen LogP contribution >= 0.6 is 24.0 Å². The Morgan fingerprint density at radius 2 is 2.00 bits per heavy atom. The second kappa shape index (κ2) is 11.1. The summed E-state index contributed by atoms with van der Waals surface area (Å²) in [5, 5.41) is 6.89. The smallest absolute Gasteiger partial charge is 0.262 e. The molecule has 0 unspecified atom stereocenters. The first-order valence-electron chi connectivity index (χ1n) is 9.17. The minimum atomic E-state index is -0.198. The van der Waals surface area contributed by atoms with Crippen LogP contribution in [0.25, 0.3) is 0 Å². The molecule has 150 valence electrons. The molecule has 1 aliphatic rings. The average molecular weight is 423 g/mol. The van der Waals surface area contributed by atoms with E-state index in [1.165, 1.54) is 5.56 Å². The number of anilines is 1. The highest BCUT2D eigenvalue weighted by molar-refractivity contribution is 6.30. The van der Waals surface area contributed by atoms with Gasteiger partial charge in [0.05, 0.1) is 5.69 Å². The summed E-state index contributed by atoms with van der Waals surface area (Å²) in [6.45, 7) is 1.78. The molecule has 0 spiro atoms. The van der Waals surface area contributed by atoms with Gasteiger partial charge in [0.2, 0.25) is 0 Å². The number of amides is 1. The number of hydrogen-bond acceptors (Lipinski definition) is 4. The van der Waals surface area contributed by atoms with Crippen molar-refractivity contribution in [3.05, 3.63) is 58.6 Å². The molecule has 0 saturated heterocycles. The lowest BCUT2D eigenvalue weighted by molar-refractivity contribution is -0.118. The summed E-state index contributed by atoms with van der Waals surface area (Å²) < 4.78 is 5.31. The number of benzene rings is 2. The highest BCUT2D eigenvalue weighted by atomic mass is 35.5. The lowest BCUT2D eigenvalue weighted by atomic mass is 10.0. The molecule has 2 N–H and O–H groups in total. The van der Waals surface area contributed by atoms with Crippen LogP contribution in [0.4, 0.5) is 5.69 Å². The summed E-state index contributed by atoms with van der Waals surface area (Å²) in [5.74, 6) is 0.488. The van der Waals surface area contributed by atoms with Gasteiger partial charge in [-0.15, -0.1) is 12.4 Å². The van der Waals surface area contributed by atoms with Crippen LogP contribution in [0.5, 0.6) is 5.75 Å². The molecule has 0 bridgehead atoms. The Morgan fingerprint density at radius 3 is 2.82 bits per heavy atom. The molecule has 0 radical (unpaired) electrons. The molecule has 28 heavy (non-hydrogen) atoms. The SMILES string of the molecule is Cl.O=C1COc2ccc(C(=O)CCCCNCCc3cccc(Cl)c3)cc2N1. The number of carbonyl (C=O) groups is 2. The quantitative estimate of drug-likeness (QED) is 0.467. The molecular weight excluding hydrogens is 399 g/mol. The highest BCUT2D eigenvalue weighted by Gasteiger charge is 2.17. The number of rotatable bonds is 9. The summed E-state index contributed by atoms with van der Waals surface area (Å²) in [5.41, 5.74) is 2.39. The van der Waals surface area contributed by atoms with Gasteiger partial charge >= 0.3 is 0 Å². The molecule has 1 aliphatic heterocycles. The van der Waals surface area contributed by atoms with E-state index in [4.69, 9.17) is 16.3 Å². The number of unbranched alkanes of at least 4 members (excludes halogenated alkanes) is 1. The van der Waals surface area contributed by atoms with Gasteiger partial charge in [-0.3, -0.25) is 9.59 Å². The molecule has 1 amide bonds. The first-order chi connectivity index (χ1) is 13.1. The molecule has 0 fully saturated rings. The Kier molecular flexibility index (Phi) is 8.77. The Hall–Kier alpha value is -2.08. The number of hydrogen-bond donors (Lipinski definition) is 2. The summed E-state index contributed by atoms with van der Waals surface area (Å²) in [4.78, 5) is 23.7. The zero-order valence-corrected chi connectivity index (χ0v) is 17.1. The van der Waals surface area contributed by atoms with Crippen molar-refractivity contribution < 1.29 is 14.3 Å². The van der Waals surface area contributed by atoms with Crippen molar-refractivity contribution in [2.45, 2.75) is 25.7 Å². The van der Waals surface area contributed by atoms with Crippen molar-refractivity contribution >= 4 is 41.4 Å². The first-order valence-corrected chi connectivity index (χ1v) is 9.55. The molecule has 2 aromatic rings. The number of Topliss-reactive ketones (excluding diaryl/α,β-unsaturated/α-hetero) is 1. The van der Waals surface area contributed by atoms with Gasteiger partial charge in [0, 0.05) is 17.0 Å². The first kappa shape index (κ1) is 22.2. The van der Waals surface area contributed by atoms with E-state index in [2.05, 4.69) is 16.7 Å². The topological polar surface area (TPSA) is 67.4 Å². The third kappa shape index (κ3) is 6.51. The lowest BCUT2D eigenvalue weighted by Gasteiger charge is -2.18. The molecule has 0 aliphatic carbocycles. The second-order valence-electron chi connectivity index (χ2n) is 6.56. The maximum Gasteiger partial charge on any atom is 0.262 e. The molecular formula is C21H24Cl2N2O3. The molecule has 2 aromatic carbocycles. The largest absolute Gasteiger partial charge is 0.482 e. The fourth-order valence-corrected chi connectivity index (χ4v) is 3.20. The van der Waals surface area contributed by atoms with E-state index in [0.717, 1.165) is 37.4 Å². The van der Waals surface area contributed by atoms with Crippen molar-refractivity contribution in [3.8, 4) is 5.75 Å². The number of halogens is 2. The normalized spacial score (nSPS) is 12.4. The standard InChI is InChI=1S/C21H23ClN2O3.ClH/c22-17-5-3-4-15(12-17)9-11-23-10-2-1-6-19(25)16-7-8-20-18(13-16)24-21(26)14-27-20;/h3-5,7-8,12-13,23H,1-2,6,9-11,14H2,(H,24,26);1H. The molecule has 0 saturated carbocycles. The molecule has 3 rings (SSSR count). The molecule has 0 atom stereocenters. The van der Waals surface area contributed by atoms with Crippen LogP contribution in [0.2, 0.25) is 5.02 Å². The number of ketones is 1. The monoisotopic (exact) mass is 422 g/mol. The predicted octanol–water partition coefficient (Wildman–Crippen LogP) is 4.28. The van der Waals surface area contributed by atoms with Gasteiger partial charge in [-0.05, 0) is 68.2 Å². The van der Waals surface area contributed by atoms with Crippen LogP contribution < -0.4 is 15.4 Å². The van der Waals surface area contributed by atoms with Crippen LogP contribution in [0.1, 0.15) is 35.2 Å². The Bertz CT molecular complexity index is 827. The van der Waals surface area contributed by atoms with Crippen molar-refractivity contribution in [3.63, 3.8) is 0 Å². The van der Waals surface area contributed by atoms with Gasteiger partial charge in [-0.1, -0.05) is 23.7 Å². The number of fused-ring (bicyclic) bond motifs is 1. The molecule has 0 aromatic heterocycles. The lowest BCUT2D eigenvalue weighted by Crippen LogP contribution is -2.25. The maximum absolute atomic E-state index is 12.3. The fraction of sp³-hybridized carbons (Fsp3) is 0.333. The van der Waals surface area contributed by atoms with Crippen LogP contribution in [0.15, 0.2) is 42.5 Å². The van der Waals surface area contributed by atoms with E-state index in [0.29, 0.717) is 23.4 Å². The maximum atomic E-state index is 12.3. The molecule has 7 heteroatoms. The van der Waals surface area contributed by atoms with Crippen molar-refractivity contribution in [2.24, 2.45) is 0 Å². The average Bonchev–Trinajstić information content (AvgIpc) is 2.66. The third-order valence-corrected chi connectivity index (χ3v) is 4.66. The van der Waals surface area contributed by atoms with Crippen molar-refractivity contribution in [1.29, 1.82) is 0 Å². The van der Waals surface area contributed by atoms with Gasteiger partial charge < -0.3 is 15.4 Å². The third-order valence-electron chi connectivity index (χ3n) is 4.42. The van der Waals surface area contributed by atoms with Crippen LogP contribution in [-0.2, 0) is 11.2 Å². The van der Waals surface area contributed by atoms with Crippen LogP contribution in [0.3, 0.4) is 0 Å². The molecule has 1 heterocycles. The van der Waals surface area contributed by atoms with E-state index in [9.17, 15) is 9.59 Å². The number of ether oxygens (including phenoxy) is 1. The van der Waals surface area contributed by atoms with E-state index in [1.807, 2.05) is 18.2 Å². The van der Waals surface area contributed by atoms with Crippen molar-refractivity contribution in [1.82, 2.24) is 5.32 Å². The van der Waals surface area contributed by atoms with E-state index in [-0.39, 0.29) is 30.7 Å². The second-order valence-corrected chi connectivity index (χ2v) is 6.99. The van der Waals surface area contributed by atoms with Gasteiger partial charge in [0.25, 0.3) is 5.91 Å². The summed E-state index contributed by atoms with van der Waals surface area (Å²) in [7, 11) is 0. The minimum absolute atomic E-state index is 0. The summed E-state index contributed by atoms with van der Waals surface area (Å²) in [6.07, 6.45) is 3.18. The number of nitrogens with one attached hydrogen (secondary N) is 2. The van der Waals surface area contributed by atoms with E-state index >= 15 is 0 Å². The zero-order chi connectivity index (χ0) is 19.1. The van der Waals surface area contributed by atoms with E-state index < -0.39 is 0 Å². The van der Waals surface area contributed by atoms with Crippen molar-refractivity contribution in [2.75, 3.05) is 25.0 Å². The Balaban J connectivity index is 0.00000280. The molecule has 5 nitrogen and oxygen atoms in total. The fourth-order valence-electron chi connectivity index (χ4n) is 2.99. The van der Waals surface area contributed by atoms with Crippen LogP contribution in [0, 0.1) is 0 Å². The zero-order valence-electron chi connectivity index (χ0n) is 15.5. The summed E-state index contributed by atoms with van der Waals surface area (Å²) >= 11 is 5.97. The minimum Gasteiger partial charge on any atom is -0.482 e. The summed E-state index contributed by atoms with van der Waals surface area (Å²) in [6, 6.07) is 13.1. The van der Waals surface area contributed by atoms with Gasteiger partial charge in [0.15, 0.2) is 12.4 Å². The highest BCUT2D eigenvalue weighted by Crippen LogP contribution is 2.29. The Labute approximate surface area is 176 Å². The Morgan fingerprint density at radius 1 is 1.14 bits per heavy atom. The number of carbonyl (C=O) groups excluding carboxylic acids is 2.